The van der Waals surface area contributed by atoms with E-state index in [2.05, 4.69) is 5.32 Å². The Hall–Kier alpha value is -1.10. The lowest BCUT2D eigenvalue weighted by molar-refractivity contribution is -0.143. The molecule has 0 radical (unpaired) electrons. The number of amides is 1. The summed E-state index contributed by atoms with van der Waals surface area (Å²) in [7, 11) is 0. The minimum atomic E-state index is -0.972. The van der Waals surface area contributed by atoms with E-state index < -0.39 is 12.0 Å². The predicted molar refractivity (Wildman–Crippen MR) is 62.6 cm³/mol. The number of aliphatic carboxylic acids is 1. The number of nitrogens with one attached hydrogen (secondary N) is 1. The Labute approximate surface area is 102 Å². The number of carboxylic acids is 1. The van der Waals surface area contributed by atoms with Gasteiger partial charge in [-0.05, 0) is 18.8 Å². The molecule has 1 amide bonds. The van der Waals surface area contributed by atoms with Crippen LogP contribution in [0, 0.1) is 5.92 Å². The Kier molecular flexibility index (Phi) is 5.41. The molecule has 0 aromatic heterocycles. The van der Waals surface area contributed by atoms with Crippen LogP contribution in [0.25, 0.3) is 0 Å². The van der Waals surface area contributed by atoms with E-state index >= 15 is 0 Å². The maximum Gasteiger partial charge on any atom is 0.326 e. The molecule has 17 heavy (non-hydrogen) atoms. The third-order valence-electron chi connectivity index (χ3n) is 3.23. The van der Waals surface area contributed by atoms with E-state index in [9.17, 15) is 9.59 Å². The van der Waals surface area contributed by atoms with Gasteiger partial charge in [-0.25, -0.2) is 4.79 Å². The van der Waals surface area contributed by atoms with E-state index in [1.165, 1.54) is 0 Å². The van der Waals surface area contributed by atoms with Gasteiger partial charge in [0, 0.05) is 6.61 Å². The second-order valence-corrected chi connectivity index (χ2v) is 4.61. The first-order valence-corrected chi connectivity index (χ1v) is 6.18. The Balaban J connectivity index is 2.43. The first-order chi connectivity index (χ1) is 8.04. The molecule has 0 aliphatic carbocycles. The van der Waals surface area contributed by atoms with Crippen molar-refractivity contribution in [2.24, 2.45) is 5.92 Å². The van der Waals surface area contributed by atoms with Gasteiger partial charge < -0.3 is 15.2 Å². The normalized spacial score (nSPS) is 23.1. The molecule has 1 aliphatic rings. The van der Waals surface area contributed by atoms with Crippen molar-refractivity contribution < 1.29 is 19.4 Å². The minimum Gasteiger partial charge on any atom is -0.480 e. The lowest BCUT2D eigenvalue weighted by Crippen LogP contribution is -2.45. The van der Waals surface area contributed by atoms with Crippen LogP contribution in [0.3, 0.4) is 0 Å². The first-order valence-electron chi connectivity index (χ1n) is 6.18. The van der Waals surface area contributed by atoms with E-state index in [0.717, 1.165) is 19.3 Å². The number of carbonyl (C=O) groups is 2. The van der Waals surface area contributed by atoms with E-state index in [4.69, 9.17) is 9.84 Å². The summed E-state index contributed by atoms with van der Waals surface area (Å²) in [5.41, 5.74) is 0. The third kappa shape index (κ3) is 4.34. The Morgan fingerprint density at radius 2 is 2.24 bits per heavy atom. The summed E-state index contributed by atoms with van der Waals surface area (Å²) >= 11 is 0. The Morgan fingerprint density at radius 1 is 1.53 bits per heavy atom. The molecule has 3 unspecified atom stereocenters. The SMILES string of the molecule is CCC(C)C(NC(=O)CC1CCCO1)C(=O)O. The fourth-order valence-electron chi connectivity index (χ4n) is 1.93. The molecule has 3 atom stereocenters. The van der Waals surface area contributed by atoms with Crippen LogP contribution in [0.4, 0.5) is 0 Å². The summed E-state index contributed by atoms with van der Waals surface area (Å²) in [4.78, 5) is 22.7. The topological polar surface area (TPSA) is 75.6 Å². The molecular weight excluding hydrogens is 222 g/mol. The van der Waals surface area contributed by atoms with Gasteiger partial charge in [0.1, 0.15) is 6.04 Å². The lowest BCUT2D eigenvalue weighted by atomic mass is 9.99. The molecular formula is C12H21NO4. The van der Waals surface area contributed by atoms with Crippen molar-refractivity contribution in [3.05, 3.63) is 0 Å². The lowest BCUT2D eigenvalue weighted by Gasteiger charge is -2.20. The van der Waals surface area contributed by atoms with Crippen molar-refractivity contribution in [3.63, 3.8) is 0 Å². The molecule has 1 fully saturated rings. The summed E-state index contributed by atoms with van der Waals surface area (Å²) in [5, 5.41) is 11.6. The minimum absolute atomic E-state index is 0.0404. The molecule has 1 rings (SSSR count). The number of hydrogen-bond donors (Lipinski definition) is 2. The smallest absolute Gasteiger partial charge is 0.326 e. The number of ether oxygens (including phenoxy) is 1. The van der Waals surface area contributed by atoms with Gasteiger partial charge in [-0.15, -0.1) is 0 Å². The van der Waals surface area contributed by atoms with E-state index in [-0.39, 0.29) is 24.3 Å². The highest BCUT2D eigenvalue weighted by molar-refractivity contribution is 5.83. The maximum atomic E-state index is 11.7. The zero-order chi connectivity index (χ0) is 12.8. The number of carbonyl (C=O) groups excluding carboxylic acids is 1. The molecule has 98 valence electrons. The largest absolute Gasteiger partial charge is 0.480 e. The zero-order valence-corrected chi connectivity index (χ0v) is 10.4. The fourth-order valence-corrected chi connectivity index (χ4v) is 1.93. The molecule has 5 nitrogen and oxygen atoms in total. The highest BCUT2D eigenvalue weighted by Crippen LogP contribution is 2.15. The quantitative estimate of drug-likeness (QED) is 0.734. The second-order valence-electron chi connectivity index (χ2n) is 4.61. The van der Waals surface area contributed by atoms with Gasteiger partial charge in [0.15, 0.2) is 0 Å². The van der Waals surface area contributed by atoms with Crippen LogP contribution in [0.1, 0.15) is 39.5 Å². The van der Waals surface area contributed by atoms with Crippen LogP contribution in [0.2, 0.25) is 0 Å². The molecule has 1 aliphatic heterocycles. The average Bonchev–Trinajstić information content (AvgIpc) is 2.77. The molecule has 1 saturated heterocycles. The van der Waals surface area contributed by atoms with Crippen molar-refractivity contribution in [1.29, 1.82) is 0 Å². The van der Waals surface area contributed by atoms with Crippen molar-refractivity contribution in [2.45, 2.75) is 51.7 Å². The standard InChI is InChI=1S/C12H21NO4/c1-3-8(2)11(12(15)16)13-10(14)7-9-5-4-6-17-9/h8-9,11H,3-7H2,1-2H3,(H,13,14)(H,15,16). The van der Waals surface area contributed by atoms with Gasteiger partial charge in [-0.3, -0.25) is 4.79 Å². The second kappa shape index (κ2) is 6.59. The zero-order valence-electron chi connectivity index (χ0n) is 10.4. The predicted octanol–water partition coefficient (Wildman–Crippen LogP) is 1.17. The van der Waals surface area contributed by atoms with Crippen molar-refractivity contribution in [2.75, 3.05) is 6.61 Å². The van der Waals surface area contributed by atoms with Gasteiger partial charge in [-0.1, -0.05) is 20.3 Å². The first kappa shape index (κ1) is 14.0. The molecule has 0 saturated carbocycles. The highest BCUT2D eigenvalue weighted by Gasteiger charge is 2.27. The molecule has 5 heteroatoms. The average molecular weight is 243 g/mol. The Morgan fingerprint density at radius 3 is 2.71 bits per heavy atom. The van der Waals surface area contributed by atoms with Gasteiger partial charge >= 0.3 is 5.97 Å². The van der Waals surface area contributed by atoms with Crippen molar-refractivity contribution >= 4 is 11.9 Å². The third-order valence-corrected chi connectivity index (χ3v) is 3.23. The van der Waals surface area contributed by atoms with Crippen LogP contribution in [0.5, 0.6) is 0 Å². The van der Waals surface area contributed by atoms with Crippen LogP contribution in [0.15, 0.2) is 0 Å². The van der Waals surface area contributed by atoms with E-state index in [1.807, 2.05) is 13.8 Å². The molecule has 1 heterocycles. The summed E-state index contributed by atoms with van der Waals surface area (Å²) in [6.07, 6.45) is 2.80. The fraction of sp³-hybridized carbons (Fsp3) is 0.833. The highest BCUT2D eigenvalue weighted by atomic mass is 16.5. The van der Waals surface area contributed by atoms with Crippen LogP contribution < -0.4 is 5.32 Å². The maximum absolute atomic E-state index is 11.7. The Bertz CT molecular complexity index is 274. The van der Waals surface area contributed by atoms with Crippen LogP contribution in [-0.4, -0.2) is 35.7 Å². The van der Waals surface area contributed by atoms with Crippen LogP contribution >= 0.6 is 0 Å². The van der Waals surface area contributed by atoms with E-state index in [1.54, 1.807) is 0 Å². The van der Waals surface area contributed by atoms with Gasteiger partial charge in [0.05, 0.1) is 12.5 Å². The number of carboxylic acid groups (broad SMARTS) is 1. The van der Waals surface area contributed by atoms with Crippen molar-refractivity contribution in [1.82, 2.24) is 5.32 Å². The van der Waals surface area contributed by atoms with Crippen molar-refractivity contribution in [3.8, 4) is 0 Å². The molecule has 0 aromatic rings. The van der Waals surface area contributed by atoms with Gasteiger partial charge in [-0.2, -0.15) is 0 Å². The monoisotopic (exact) mass is 243 g/mol. The summed E-state index contributed by atoms with van der Waals surface area (Å²) in [6, 6.07) is -0.797. The molecule has 0 spiro atoms. The summed E-state index contributed by atoms with van der Waals surface area (Å²) in [6.45, 7) is 4.43. The summed E-state index contributed by atoms with van der Waals surface area (Å²) in [5.74, 6) is -1.27. The van der Waals surface area contributed by atoms with E-state index in [0.29, 0.717) is 6.61 Å². The van der Waals surface area contributed by atoms with Crippen LogP contribution in [-0.2, 0) is 14.3 Å². The molecule has 0 bridgehead atoms. The number of rotatable bonds is 6. The molecule has 0 aromatic carbocycles. The number of hydrogen-bond acceptors (Lipinski definition) is 3. The van der Waals surface area contributed by atoms with Gasteiger partial charge in [0.25, 0.3) is 0 Å². The van der Waals surface area contributed by atoms with Gasteiger partial charge in [0.2, 0.25) is 5.91 Å². The molecule has 2 N–H and O–H groups in total. The summed E-state index contributed by atoms with van der Waals surface area (Å²) < 4.78 is 5.34.